The highest BCUT2D eigenvalue weighted by Crippen LogP contribution is 2.32. The van der Waals surface area contributed by atoms with Gasteiger partial charge in [0.05, 0.1) is 13.3 Å². The summed E-state index contributed by atoms with van der Waals surface area (Å²) in [4.78, 5) is 23.8. The standard InChI is InChI=1S/C23H25N3O3/c1-16-7-5-10-20(25-16)23(27)26-12-4-3-11-21(26)22-24-15-19(29-22)14-17-8-6-9-18(13-17)28-2/h5-10,13,15,21H,3-4,11-12,14H2,1-2H3/t21-/m1/s1. The molecule has 1 aromatic carbocycles. The number of benzene rings is 1. The minimum absolute atomic E-state index is 0.0639. The Labute approximate surface area is 170 Å². The van der Waals surface area contributed by atoms with E-state index in [-0.39, 0.29) is 11.9 Å². The number of carbonyl (C=O) groups is 1. The van der Waals surface area contributed by atoms with E-state index in [1.54, 1.807) is 19.4 Å². The van der Waals surface area contributed by atoms with Gasteiger partial charge in [-0.25, -0.2) is 9.97 Å². The summed E-state index contributed by atoms with van der Waals surface area (Å²) in [6.45, 7) is 2.58. The molecular formula is C23H25N3O3. The Morgan fingerprint density at radius 1 is 1.24 bits per heavy atom. The number of rotatable bonds is 5. The Hall–Kier alpha value is -3.15. The molecule has 1 aliphatic heterocycles. The van der Waals surface area contributed by atoms with Gasteiger partial charge in [0.25, 0.3) is 5.91 Å². The van der Waals surface area contributed by atoms with Crippen LogP contribution in [0.1, 0.15) is 58.7 Å². The Morgan fingerprint density at radius 2 is 2.10 bits per heavy atom. The predicted octanol–water partition coefficient (Wildman–Crippen LogP) is 4.34. The molecule has 1 aliphatic rings. The zero-order chi connectivity index (χ0) is 20.2. The van der Waals surface area contributed by atoms with E-state index >= 15 is 0 Å². The molecule has 1 amide bonds. The van der Waals surface area contributed by atoms with Gasteiger partial charge >= 0.3 is 0 Å². The Kier molecular flexibility index (Phi) is 5.60. The third-order valence-corrected chi connectivity index (χ3v) is 5.24. The number of hydrogen-bond donors (Lipinski definition) is 0. The Balaban J connectivity index is 1.54. The first-order valence-corrected chi connectivity index (χ1v) is 9.96. The second kappa shape index (κ2) is 8.47. The van der Waals surface area contributed by atoms with Crippen LogP contribution in [0.15, 0.2) is 53.1 Å². The van der Waals surface area contributed by atoms with Crippen molar-refractivity contribution in [2.24, 2.45) is 0 Å². The summed E-state index contributed by atoms with van der Waals surface area (Å²) in [7, 11) is 1.66. The van der Waals surface area contributed by atoms with Gasteiger partial charge in [0, 0.05) is 18.7 Å². The molecule has 1 saturated heterocycles. The predicted molar refractivity (Wildman–Crippen MR) is 109 cm³/mol. The lowest BCUT2D eigenvalue weighted by molar-refractivity contribution is 0.0563. The van der Waals surface area contributed by atoms with Crippen molar-refractivity contribution in [1.82, 2.24) is 14.9 Å². The second-order valence-corrected chi connectivity index (χ2v) is 7.37. The monoisotopic (exact) mass is 391 g/mol. The molecule has 0 spiro atoms. The first kappa shape index (κ1) is 19.2. The van der Waals surface area contributed by atoms with Crippen molar-refractivity contribution >= 4 is 5.91 Å². The molecule has 0 radical (unpaired) electrons. The van der Waals surface area contributed by atoms with Gasteiger partial charge in [-0.15, -0.1) is 0 Å². The number of methoxy groups -OCH3 is 1. The average molecular weight is 391 g/mol. The van der Waals surface area contributed by atoms with Crippen LogP contribution < -0.4 is 4.74 Å². The highest BCUT2D eigenvalue weighted by molar-refractivity contribution is 5.92. The molecule has 2 aromatic heterocycles. The molecule has 6 nitrogen and oxygen atoms in total. The van der Waals surface area contributed by atoms with E-state index in [1.165, 1.54) is 0 Å². The Bertz CT molecular complexity index is 998. The van der Waals surface area contributed by atoms with Crippen LogP contribution in [0.4, 0.5) is 0 Å². The van der Waals surface area contributed by atoms with Gasteiger partial charge in [-0.05, 0) is 56.0 Å². The molecule has 0 aliphatic carbocycles. The third-order valence-electron chi connectivity index (χ3n) is 5.24. The summed E-state index contributed by atoms with van der Waals surface area (Å²) in [5, 5.41) is 0. The first-order chi connectivity index (χ1) is 14.1. The van der Waals surface area contributed by atoms with Gasteiger partial charge in [0.1, 0.15) is 23.2 Å². The second-order valence-electron chi connectivity index (χ2n) is 7.37. The minimum atomic E-state index is -0.155. The number of pyridine rings is 1. The minimum Gasteiger partial charge on any atom is -0.497 e. The van der Waals surface area contributed by atoms with Crippen molar-refractivity contribution < 1.29 is 13.9 Å². The third kappa shape index (κ3) is 4.31. The number of carbonyl (C=O) groups excluding carboxylic acids is 1. The molecule has 0 bridgehead atoms. The number of oxazole rings is 1. The van der Waals surface area contributed by atoms with E-state index in [2.05, 4.69) is 9.97 Å². The zero-order valence-electron chi connectivity index (χ0n) is 16.8. The lowest BCUT2D eigenvalue weighted by Gasteiger charge is -2.33. The molecule has 1 atom stereocenters. The van der Waals surface area contributed by atoms with Crippen LogP contribution in [0.3, 0.4) is 0 Å². The smallest absolute Gasteiger partial charge is 0.273 e. The summed E-state index contributed by atoms with van der Waals surface area (Å²) < 4.78 is 11.4. The molecule has 3 aromatic rings. The van der Waals surface area contributed by atoms with Crippen LogP contribution in [0.25, 0.3) is 0 Å². The van der Waals surface area contributed by atoms with Gasteiger partial charge in [0.15, 0.2) is 0 Å². The van der Waals surface area contributed by atoms with Crippen LogP contribution in [-0.2, 0) is 6.42 Å². The van der Waals surface area contributed by atoms with Crippen molar-refractivity contribution in [1.29, 1.82) is 0 Å². The average Bonchev–Trinajstić information content (AvgIpc) is 3.21. The van der Waals surface area contributed by atoms with Crippen molar-refractivity contribution in [3.05, 3.63) is 77.3 Å². The molecule has 150 valence electrons. The number of ether oxygens (including phenoxy) is 1. The maximum absolute atomic E-state index is 13.1. The SMILES string of the molecule is COc1cccc(Cc2cnc([C@H]3CCCCN3C(=O)c3cccc(C)n3)o2)c1. The fourth-order valence-corrected chi connectivity index (χ4v) is 3.78. The molecule has 0 N–H and O–H groups in total. The van der Waals surface area contributed by atoms with E-state index in [0.717, 1.165) is 42.0 Å². The summed E-state index contributed by atoms with van der Waals surface area (Å²) in [6, 6.07) is 13.3. The molecule has 0 unspecified atom stereocenters. The van der Waals surface area contributed by atoms with Gasteiger partial charge in [-0.3, -0.25) is 4.79 Å². The summed E-state index contributed by atoms with van der Waals surface area (Å²) in [5.41, 5.74) is 2.40. The fraction of sp³-hybridized carbons (Fsp3) is 0.348. The van der Waals surface area contributed by atoms with Gasteiger partial charge in [-0.1, -0.05) is 18.2 Å². The molecule has 1 fully saturated rings. The number of amides is 1. The van der Waals surface area contributed by atoms with E-state index < -0.39 is 0 Å². The highest BCUT2D eigenvalue weighted by atomic mass is 16.5. The van der Waals surface area contributed by atoms with Crippen LogP contribution in [-0.4, -0.2) is 34.4 Å². The van der Waals surface area contributed by atoms with Crippen LogP contribution >= 0.6 is 0 Å². The largest absolute Gasteiger partial charge is 0.497 e. The molecule has 29 heavy (non-hydrogen) atoms. The number of aryl methyl sites for hydroxylation is 1. The van der Waals surface area contributed by atoms with Gasteiger partial charge < -0.3 is 14.1 Å². The topological polar surface area (TPSA) is 68.5 Å². The maximum atomic E-state index is 13.1. The normalized spacial score (nSPS) is 16.6. The first-order valence-electron chi connectivity index (χ1n) is 9.96. The maximum Gasteiger partial charge on any atom is 0.273 e. The van der Waals surface area contributed by atoms with E-state index in [4.69, 9.17) is 9.15 Å². The van der Waals surface area contributed by atoms with E-state index in [0.29, 0.717) is 24.6 Å². The molecule has 6 heteroatoms. The van der Waals surface area contributed by atoms with Crippen molar-refractivity contribution in [2.75, 3.05) is 13.7 Å². The van der Waals surface area contributed by atoms with Gasteiger partial charge in [0.2, 0.25) is 5.89 Å². The summed E-state index contributed by atoms with van der Waals surface area (Å²) in [5.74, 6) is 2.13. The number of hydrogen-bond acceptors (Lipinski definition) is 5. The van der Waals surface area contributed by atoms with E-state index in [9.17, 15) is 4.79 Å². The number of likely N-dealkylation sites (tertiary alicyclic amines) is 1. The van der Waals surface area contributed by atoms with Crippen molar-refractivity contribution in [2.45, 2.75) is 38.6 Å². The van der Waals surface area contributed by atoms with Gasteiger partial charge in [-0.2, -0.15) is 0 Å². The van der Waals surface area contributed by atoms with E-state index in [1.807, 2.05) is 48.2 Å². The Morgan fingerprint density at radius 3 is 2.93 bits per heavy atom. The molecule has 3 heterocycles. The highest BCUT2D eigenvalue weighted by Gasteiger charge is 2.32. The summed E-state index contributed by atoms with van der Waals surface area (Å²) in [6.07, 6.45) is 5.26. The zero-order valence-corrected chi connectivity index (χ0v) is 16.8. The fourth-order valence-electron chi connectivity index (χ4n) is 3.78. The van der Waals surface area contributed by atoms with Crippen LogP contribution in [0, 0.1) is 6.92 Å². The quantitative estimate of drug-likeness (QED) is 0.647. The lowest BCUT2D eigenvalue weighted by atomic mass is 10.0. The van der Waals surface area contributed by atoms with Crippen molar-refractivity contribution in [3.63, 3.8) is 0 Å². The molecule has 4 rings (SSSR count). The summed E-state index contributed by atoms with van der Waals surface area (Å²) >= 11 is 0. The van der Waals surface area contributed by atoms with Crippen molar-refractivity contribution in [3.8, 4) is 5.75 Å². The van der Waals surface area contributed by atoms with Crippen LogP contribution in [0.5, 0.6) is 5.75 Å². The number of aromatic nitrogens is 2. The number of nitrogens with zero attached hydrogens (tertiary/aromatic N) is 3. The molecular weight excluding hydrogens is 366 g/mol. The molecule has 0 saturated carbocycles. The number of piperidine rings is 1. The van der Waals surface area contributed by atoms with Crippen LogP contribution in [0.2, 0.25) is 0 Å². The lowest BCUT2D eigenvalue weighted by Crippen LogP contribution is -2.39.